The van der Waals surface area contributed by atoms with Crippen molar-refractivity contribution in [1.29, 1.82) is 0 Å². The quantitative estimate of drug-likeness (QED) is 0.593. The number of hydrogen-bond donors (Lipinski definition) is 3. The molecule has 0 radical (unpaired) electrons. The van der Waals surface area contributed by atoms with Gasteiger partial charge in [-0.25, -0.2) is 0 Å². The second-order valence-corrected chi connectivity index (χ2v) is 11.2. The van der Waals surface area contributed by atoms with Crippen LogP contribution in [0.2, 0.25) is 0 Å². The molecule has 4 aliphatic rings. The molecule has 4 rings (SSSR count). The Bertz CT molecular complexity index is 697. The van der Waals surface area contributed by atoms with Crippen molar-refractivity contribution in [3.8, 4) is 0 Å². The fourth-order valence-electron chi connectivity index (χ4n) is 6.29. The molecule has 8 heteroatoms. The third kappa shape index (κ3) is 3.17. The zero-order chi connectivity index (χ0) is 20.8. The van der Waals surface area contributed by atoms with E-state index in [1.807, 2.05) is 0 Å². The number of rotatable bonds is 6. The predicted octanol–water partition coefficient (Wildman–Crippen LogP) is 1.04. The molecule has 0 aromatic heterocycles. The number of nitrogens with one attached hydrogen (secondary N) is 2. The van der Waals surface area contributed by atoms with Crippen molar-refractivity contribution in [2.45, 2.75) is 79.9 Å². The van der Waals surface area contributed by atoms with Gasteiger partial charge < -0.3 is 20.6 Å². The lowest BCUT2D eigenvalue weighted by molar-refractivity contribution is -0.140. The number of aliphatic hydroxyl groups is 1. The van der Waals surface area contributed by atoms with E-state index in [4.69, 9.17) is 0 Å². The van der Waals surface area contributed by atoms with Crippen LogP contribution in [0.25, 0.3) is 0 Å². The van der Waals surface area contributed by atoms with Gasteiger partial charge >= 0.3 is 0 Å². The molecular formula is C21H33N3O4S. The highest BCUT2D eigenvalue weighted by Gasteiger charge is 2.76. The second-order valence-electron chi connectivity index (χ2n) is 9.29. The lowest BCUT2D eigenvalue weighted by Crippen LogP contribution is -2.55. The van der Waals surface area contributed by atoms with Crippen LogP contribution in [0.3, 0.4) is 0 Å². The van der Waals surface area contributed by atoms with Crippen molar-refractivity contribution in [3.05, 3.63) is 0 Å². The Morgan fingerprint density at radius 2 is 1.93 bits per heavy atom. The molecule has 29 heavy (non-hydrogen) atoms. The lowest BCUT2D eigenvalue weighted by Gasteiger charge is -2.35. The second kappa shape index (κ2) is 7.76. The van der Waals surface area contributed by atoms with E-state index in [0.717, 1.165) is 38.5 Å². The summed E-state index contributed by atoms with van der Waals surface area (Å²) in [6, 6.07) is -0.384. The maximum atomic E-state index is 13.5. The summed E-state index contributed by atoms with van der Waals surface area (Å²) in [6.07, 6.45) is 7.50. The molecule has 3 heterocycles. The predicted molar refractivity (Wildman–Crippen MR) is 111 cm³/mol. The van der Waals surface area contributed by atoms with Crippen LogP contribution in [0.4, 0.5) is 0 Å². The molecule has 3 amide bonds. The summed E-state index contributed by atoms with van der Waals surface area (Å²) in [5.74, 6) is -1.14. The van der Waals surface area contributed by atoms with Crippen molar-refractivity contribution in [2.24, 2.45) is 11.8 Å². The maximum absolute atomic E-state index is 13.5. The van der Waals surface area contributed by atoms with Crippen molar-refractivity contribution in [1.82, 2.24) is 15.5 Å². The van der Waals surface area contributed by atoms with Crippen LogP contribution < -0.4 is 10.6 Å². The SMILES string of the molecule is CNC(=O)[C@H]1[C@H]2C(=O)N(CCCO)C(C(=O)NC3CCCCC3)C23CC[C@]1(C)S3. The molecule has 0 aromatic rings. The Hall–Kier alpha value is -1.28. The summed E-state index contributed by atoms with van der Waals surface area (Å²) in [5, 5.41) is 15.3. The zero-order valence-electron chi connectivity index (χ0n) is 17.4. The Morgan fingerprint density at radius 3 is 2.59 bits per heavy atom. The third-order valence-corrected chi connectivity index (χ3v) is 9.55. The molecule has 0 aromatic carbocycles. The summed E-state index contributed by atoms with van der Waals surface area (Å²) in [6.45, 7) is 2.41. The van der Waals surface area contributed by atoms with Crippen LogP contribution in [0, 0.1) is 11.8 Å². The lowest BCUT2D eigenvalue weighted by atomic mass is 9.66. The number of aliphatic hydroxyl groups excluding tert-OH is 1. The fraction of sp³-hybridized carbons (Fsp3) is 0.857. The number of carbonyl (C=O) groups excluding carboxylic acids is 3. The molecule has 1 saturated carbocycles. The van der Waals surface area contributed by atoms with Gasteiger partial charge in [0.15, 0.2) is 0 Å². The van der Waals surface area contributed by atoms with E-state index in [1.165, 1.54) is 6.42 Å². The zero-order valence-corrected chi connectivity index (χ0v) is 18.2. The van der Waals surface area contributed by atoms with Gasteiger partial charge in [0, 0.05) is 31.0 Å². The highest BCUT2D eigenvalue weighted by Crippen LogP contribution is 2.71. The van der Waals surface area contributed by atoms with Gasteiger partial charge in [0.1, 0.15) is 6.04 Å². The van der Waals surface area contributed by atoms with Gasteiger partial charge in [-0.2, -0.15) is 0 Å². The van der Waals surface area contributed by atoms with Crippen LogP contribution in [-0.4, -0.2) is 69.5 Å². The smallest absolute Gasteiger partial charge is 0.244 e. The van der Waals surface area contributed by atoms with E-state index in [2.05, 4.69) is 17.6 Å². The first-order valence-electron chi connectivity index (χ1n) is 11.0. The van der Waals surface area contributed by atoms with Crippen LogP contribution in [0.15, 0.2) is 0 Å². The van der Waals surface area contributed by atoms with Crippen LogP contribution in [0.1, 0.15) is 58.3 Å². The first kappa shape index (κ1) is 21.0. The summed E-state index contributed by atoms with van der Waals surface area (Å²) < 4.78 is -0.857. The van der Waals surface area contributed by atoms with Crippen molar-refractivity contribution in [3.63, 3.8) is 0 Å². The van der Waals surface area contributed by atoms with Crippen LogP contribution >= 0.6 is 11.8 Å². The van der Waals surface area contributed by atoms with Crippen molar-refractivity contribution < 1.29 is 19.5 Å². The summed E-state index contributed by atoms with van der Waals surface area (Å²) in [7, 11) is 1.62. The molecule has 2 unspecified atom stereocenters. The third-order valence-electron chi connectivity index (χ3n) is 7.56. The van der Waals surface area contributed by atoms with Gasteiger partial charge in [0.25, 0.3) is 0 Å². The Balaban J connectivity index is 1.67. The minimum atomic E-state index is -0.560. The van der Waals surface area contributed by atoms with Crippen molar-refractivity contribution >= 4 is 29.5 Å². The van der Waals surface area contributed by atoms with Gasteiger partial charge in [-0.05, 0) is 39.0 Å². The van der Waals surface area contributed by atoms with E-state index in [-0.39, 0.29) is 35.1 Å². The van der Waals surface area contributed by atoms with Gasteiger partial charge in [0.2, 0.25) is 17.7 Å². The highest BCUT2D eigenvalue weighted by atomic mass is 32.2. The number of likely N-dealkylation sites (tertiary alicyclic amines) is 1. The number of amides is 3. The Labute approximate surface area is 176 Å². The van der Waals surface area contributed by atoms with E-state index < -0.39 is 22.6 Å². The number of fused-ring (bicyclic) bond motifs is 1. The van der Waals surface area contributed by atoms with E-state index in [0.29, 0.717) is 13.0 Å². The van der Waals surface area contributed by atoms with Gasteiger partial charge in [0.05, 0.1) is 16.6 Å². The summed E-state index contributed by atoms with van der Waals surface area (Å²) >= 11 is 1.70. The average Bonchev–Trinajstić information content (AvgIpc) is 3.27. The topological polar surface area (TPSA) is 98.7 Å². The fourth-order valence-corrected chi connectivity index (χ4v) is 8.65. The Kier molecular flexibility index (Phi) is 5.61. The van der Waals surface area contributed by atoms with E-state index in [1.54, 1.807) is 23.7 Å². The van der Waals surface area contributed by atoms with E-state index >= 15 is 0 Å². The average molecular weight is 424 g/mol. The molecule has 5 atom stereocenters. The van der Waals surface area contributed by atoms with Crippen LogP contribution in [0.5, 0.6) is 0 Å². The molecule has 3 saturated heterocycles. The minimum absolute atomic E-state index is 0.0257. The Morgan fingerprint density at radius 1 is 1.21 bits per heavy atom. The molecule has 1 aliphatic carbocycles. The molecule has 2 bridgehead atoms. The van der Waals surface area contributed by atoms with E-state index in [9.17, 15) is 19.5 Å². The number of hydrogen-bond acceptors (Lipinski definition) is 5. The largest absolute Gasteiger partial charge is 0.396 e. The highest BCUT2D eigenvalue weighted by molar-refractivity contribution is 8.02. The monoisotopic (exact) mass is 423 g/mol. The van der Waals surface area contributed by atoms with Gasteiger partial charge in [-0.15, -0.1) is 11.8 Å². The standard InChI is InChI=1S/C21H33N3O4S/c1-20-9-10-21(29-20)15(14(20)17(26)22-2)19(28)24(11-6-12-25)16(21)18(27)23-13-7-4-3-5-8-13/h13-16,25H,3-12H2,1-2H3,(H,22,26)(H,23,27)/t14-,15+,16?,20+,21?/m1/s1. The summed E-state index contributed by atoms with van der Waals surface area (Å²) in [4.78, 5) is 41.5. The van der Waals surface area contributed by atoms with Crippen LogP contribution in [-0.2, 0) is 14.4 Å². The molecular weight excluding hydrogens is 390 g/mol. The molecule has 3 N–H and O–H groups in total. The molecule has 3 aliphatic heterocycles. The summed E-state index contributed by atoms with van der Waals surface area (Å²) in [5.41, 5.74) is 0. The number of nitrogens with zero attached hydrogens (tertiary/aromatic N) is 1. The maximum Gasteiger partial charge on any atom is 0.244 e. The normalized spacial score (nSPS) is 38.9. The number of carbonyl (C=O) groups is 3. The molecule has 162 valence electrons. The van der Waals surface area contributed by atoms with Gasteiger partial charge in [-0.3, -0.25) is 14.4 Å². The minimum Gasteiger partial charge on any atom is -0.396 e. The molecule has 7 nitrogen and oxygen atoms in total. The van der Waals surface area contributed by atoms with Gasteiger partial charge in [-0.1, -0.05) is 19.3 Å². The molecule has 1 spiro atoms. The number of thioether (sulfide) groups is 1. The van der Waals surface area contributed by atoms with Crippen molar-refractivity contribution in [2.75, 3.05) is 20.2 Å². The first-order chi connectivity index (χ1) is 13.9. The first-order valence-corrected chi connectivity index (χ1v) is 11.8. The molecule has 4 fully saturated rings.